The summed E-state index contributed by atoms with van der Waals surface area (Å²) in [5.41, 5.74) is 9.60. The molecule has 0 spiro atoms. The number of hydrogen-bond donors (Lipinski definition) is 0. The summed E-state index contributed by atoms with van der Waals surface area (Å²) in [6, 6.07) is 61.5. The minimum Gasteiger partial charge on any atom is -0.208 e. The fourth-order valence-corrected chi connectivity index (χ4v) is 7.70. The standard InChI is InChI=1S/C45H29N3S/c1-3-13-31(14-4-1)35-17-7-9-20-39(35)44-46-43(47-45(48-44)40-21-10-8-18-36(40)32-15-5-2-6-16-32)33-25-23-30(24-26-33)34-27-28-38-37-19-11-12-22-41(37)49-42(38)29-34/h1-29H. The van der Waals surface area contributed by atoms with Gasteiger partial charge >= 0.3 is 0 Å². The predicted octanol–water partition coefficient (Wildman–Crippen LogP) is 12.2. The van der Waals surface area contributed by atoms with E-state index in [1.54, 1.807) is 0 Å². The van der Waals surface area contributed by atoms with E-state index in [9.17, 15) is 0 Å². The van der Waals surface area contributed by atoms with Gasteiger partial charge in [0.05, 0.1) is 0 Å². The molecule has 0 bridgehead atoms. The maximum Gasteiger partial charge on any atom is 0.164 e. The SMILES string of the molecule is c1ccc(-c2ccccc2-c2nc(-c3ccc(-c4ccc5c(c4)sc4ccccc45)cc3)nc(-c3ccccc3-c3ccccc3)n2)cc1. The van der Waals surface area contributed by atoms with Gasteiger partial charge in [0, 0.05) is 36.9 Å². The van der Waals surface area contributed by atoms with Crippen molar-refractivity contribution in [2.45, 2.75) is 0 Å². The third kappa shape index (κ3) is 5.48. The minimum atomic E-state index is 0.636. The molecule has 9 rings (SSSR count). The maximum absolute atomic E-state index is 5.16. The molecule has 0 fully saturated rings. The second-order valence-corrected chi connectivity index (χ2v) is 13.1. The van der Waals surface area contributed by atoms with Crippen molar-refractivity contribution in [3.63, 3.8) is 0 Å². The third-order valence-corrected chi connectivity index (χ3v) is 10.1. The molecule has 230 valence electrons. The Morgan fingerprint density at radius 2 is 0.735 bits per heavy atom. The molecule has 0 unspecified atom stereocenters. The normalized spacial score (nSPS) is 11.3. The molecule has 0 aliphatic heterocycles. The number of fused-ring (bicyclic) bond motifs is 3. The van der Waals surface area contributed by atoms with Gasteiger partial charge < -0.3 is 0 Å². The number of aromatic nitrogens is 3. The van der Waals surface area contributed by atoms with Crippen molar-refractivity contribution >= 4 is 31.5 Å². The zero-order valence-corrected chi connectivity index (χ0v) is 27.3. The third-order valence-electron chi connectivity index (χ3n) is 9.00. The highest BCUT2D eigenvalue weighted by atomic mass is 32.1. The summed E-state index contributed by atoms with van der Waals surface area (Å²) in [4.78, 5) is 15.4. The van der Waals surface area contributed by atoms with Crippen molar-refractivity contribution in [3.8, 4) is 67.5 Å². The Hall–Kier alpha value is -6.23. The van der Waals surface area contributed by atoms with Crippen LogP contribution in [0, 0.1) is 0 Å². The van der Waals surface area contributed by atoms with E-state index < -0.39 is 0 Å². The van der Waals surface area contributed by atoms with Gasteiger partial charge in [0.15, 0.2) is 17.5 Å². The molecule has 0 saturated carbocycles. The molecule has 7 aromatic carbocycles. The first-order chi connectivity index (χ1) is 24.3. The second-order valence-electron chi connectivity index (χ2n) is 12.0. The first-order valence-corrected chi connectivity index (χ1v) is 17.2. The molecule has 0 N–H and O–H groups in total. The van der Waals surface area contributed by atoms with Crippen molar-refractivity contribution in [1.29, 1.82) is 0 Å². The van der Waals surface area contributed by atoms with E-state index in [0.29, 0.717) is 17.5 Å². The van der Waals surface area contributed by atoms with Crippen LogP contribution in [0.4, 0.5) is 0 Å². The smallest absolute Gasteiger partial charge is 0.164 e. The van der Waals surface area contributed by atoms with Crippen LogP contribution in [0.3, 0.4) is 0 Å². The van der Waals surface area contributed by atoms with Crippen LogP contribution >= 0.6 is 11.3 Å². The van der Waals surface area contributed by atoms with Gasteiger partial charge in [-0.1, -0.05) is 164 Å². The molecular weight excluding hydrogens is 615 g/mol. The van der Waals surface area contributed by atoms with Gasteiger partial charge in [0.1, 0.15) is 0 Å². The van der Waals surface area contributed by atoms with Gasteiger partial charge in [0.25, 0.3) is 0 Å². The summed E-state index contributed by atoms with van der Waals surface area (Å²) in [6.45, 7) is 0. The van der Waals surface area contributed by atoms with E-state index in [1.165, 1.54) is 25.7 Å². The van der Waals surface area contributed by atoms with Gasteiger partial charge in [-0.25, -0.2) is 15.0 Å². The quantitative estimate of drug-likeness (QED) is 0.181. The molecule has 0 saturated heterocycles. The first-order valence-electron chi connectivity index (χ1n) is 16.4. The lowest BCUT2D eigenvalue weighted by atomic mass is 9.98. The largest absolute Gasteiger partial charge is 0.208 e. The van der Waals surface area contributed by atoms with E-state index in [-0.39, 0.29) is 0 Å². The molecule has 0 amide bonds. The summed E-state index contributed by atoms with van der Waals surface area (Å²) in [6.07, 6.45) is 0. The van der Waals surface area contributed by atoms with E-state index in [1.807, 2.05) is 35.6 Å². The van der Waals surface area contributed by atoms with Crippen LogP contribution in [-0.2, 0) is 0 Å². The molecular formula is C45H29N3S. The second kappa shape index (κ2) is 12.4. The van der Waals surface area contributed by atoms with Gasteiger partial charge in [-0.3, -0.25) is 0 Å². The molecule has 0 aliphatic rings. The van der Waals surface area contributed by atoms with E-state index >= 15 is 0 Å². The van der Waals surface area contributed by atoms with Crippen LogP contribution in [0.1, 0.15) is 0 Å². The Morgan fingerprint density at radius 3 is 1.35 bits per heavy atom. The highest BCUT2D eigenvalue weighted by molar-refractivity contribution is 7.25. The number of rotatable bonds is 6. The first kappa shape index (κ1) is 29.0. The molecule has 0 aliphatic carbocycles. The van der Waals surface area contributed by atoms with Crippen molar-refractivity contribution in [3.05, 3.63) is 176 Å². The fraction of sp³-hybridized carbons (Fsp3) is 0. The Kier molecular flexibility index (Phi) is 7.34. The summed E-state index contributed by atoms with van der Waals surface area (Å²) in [7, 11) is 0. The van der Waals surface area contributed by atoms with E-state index in [0.717, 1.165) is 44.5 Å². The molecule has 3 nitrogen and oxygen atoms in total. The van der Waals surface area contributed by atoms with Gasteiger partial charge in [-0.05, 0) is 45.5 Å². The lowest BCUT2D eigenvalue weighted by Crippen LogP contribution is -2.02. The van der Waals surface area contributed by atoms with Crippen LogP contribution < -0.4 is 0 Å². The topological polar surface area (TPSA) is 38.7 Å². The number of hydrogen-bond acceptors (Lipinski definition) is 4. The highest BCUT2D eigenvalue weighted by Gasteiger charge is 2.18. The Bertz CT molecular complexity index is 2490. The summed E-state index contributed by atoms with van der Waals surface area (Å²) in [5, 5.41) is 2.62. The van der Waals surface area contributed by atoms with Crippen LogP contribution in [0.2, 0.25) is 0 Å². The average molecular weight is 644 g/mol. The molecule has 2 aromatic heterocycles. The zero-order chi connectivity index (χ0) is 32.6. The average Bonchev–Trinajstić information content (AvgIpc) is 3.56. The van der Waals surface area contributed by atoms with Gasteiger partial charge in [-0.15, -0.1) is 11.3 Å². The summed E-state index contributed by atoms with van der Waals surface area (Å²) in [5.74, 6) is 1.92. The van der Waals surface area contributed by atoms with Crippen LogP contribution in [0.5, 0.6) is 0 Å². The van der Waals surface area contributed by atoms with Crippen molar-refractivity contribution in [2.75, 3.05) is 0 Å². The fourth-order valence-electron chi connectivity index (χ4n) is 6.56. The summed E-state index contributed by atoms with van der Waals surface area (Å²) >= 11 is 1.84. The van der Waals surface area contributed by atoms with Gasteiger partial charge in [-0.2, -0.15) is 0 Å². The van der Waals surface area contributed by atoms with E-state index in [2.05, 4.69) is 152 Å². The molecule has 49 heavy (non-hydrogen) atoms. The minimum absolute atomic E-state index is 0.636. The molecule has 4 heteroatoms. The lowest BCUT2D eigenvalue weighted by Gasteiger charge is -2.14. The van der Waals surface area contributed by atoms with Gasteiger partial charge in [0.2, 0.25) is 0 Å². The Balaban J connectivity index is 1.18. The monoisotopic (exact) mass is 643 g/mol. The van der Waals surface area contributed by atoms with Crippen LogP contribution in [0.25, 0.3) is 87.7 Å². The van der Waals surface area contributed by atoms with Crippen molar-refractivity contribution < 1.29 is 0 Å². The summed E-state index contributed by atoms with van der Waals surface area (Å²) < 4.78 is 2.61. The molecule has 9 aromatic rings. The Labute approximate surface area is 288 Å². The molecule has 0 radical (unpaired) electrons. The number of thiophene rings is 1. The van der Waals surface area contributed by atoms with Crippen molar-refractivity contribution in [1.82, 2.24) is 15.0 Å². The predicted molar refractivity (Wildman–Crippen MR) is 205 cm³/mol. The Morgan fingerprint density at radius 1 is 0.286 bits per heavy atom. The molecule has 2 heterocycles. The number of benzene rings is 7. The zero-order valence-electron chi connectivity index (χ0n) is 26.5. The van der Waals surface area contributed by atoms with E-state index in [4.69, 9.17) is 15.0 Å². The lowest BCUT2D eigenvalue weighted by molar-refractivity contribution is 1.07. The maximum atomic E-state index is 5.16. The molecule has 0 atom stereocenters. The van der Waals surface area contributed by atoms with Crippen LogP contribution in [-0.4, -0.2) is 15.0 Å². The highest BCUT2D eigenvalue weighted by Crippen LogP contribution is 2.38. The number of nitrogens with zero attached hydrogens (tertiary/aromatic N) is 3. The van der Waals surface area contributed by atoms with Crippen molar-refractivity contribution in [2.24, 2.45) is 0 Å². The van der Waals surface area contributed by atoms with Crippen LogP contribution in [0.15, 0.2) is 176 Å².